The Morgan fingerprint density at radius 3 is 2.71 bits per heavy atom. The van der Waals surface area contributed by atoms with Gasteiger partial charge >= 0.3 is 5.97 Å². The van der Waals surface area contributed by atoms with E-state index in [0.29, 0.717) is 5.56 Å². The van der Waals surface area contributed by atoms with Gasteiger partial charge in [0.05, 0.1) is 0 Å². The fraction of sp³-hybridized carbons (Fsp3) is 0.250. The van der Waals surface area contributed by atoms with E-state index in [9.17, 15) is 9.59 Å². The van der Waals surface area contributed by atoms with Gasteiger partial charge in [0.25, 0.3) is 0 Å². The molecule has 2 rings (SSSR count). The van der Waals surface area contributed by atoms with Gasteiger partial charge in [0, 0.05) is 30.1 Å². The van der Waals surface area contributed by atoms with E-state index in [1.54, 1.807) is 17.4 Å². The SMILES string of the molecule is Cc1cc(C(=O)COC(=O)/C=C/c2ccsc2)c(C)n1C. The number of rotatable bonds is 5. The predicted molar refractivity (Wildman–Crippen MR) is 83.5 cm³/mol. The molecule has 0 aliphatic carbocycles. The quantitative estimate of drug-likeness (QED) is 0.484. The zero-order valence-corrected chi connectivity index (χ0v) is 13.1. The Labute approximate surface area is 127 Å². The normalized spacial score (nSPS) is 11.0. The molecule has 5 heteroatoms. The van der Waals surface area contributed by atoms with Crippen molar-refractivity contribution in [1.29, 1.82) is 0 Å². The molecule has 0 aliphatic heterocycles. The number of carbonyl (C=O) groups excluding carboxylic acids is 2. The molecule has 2 aromatic heterocycles. The summed E-state index contributed by atoms with van der Waals surface area (Å²) >= 11 is 1.55. The number of thiophene rings is 1. The monoisotopic (exact) mass is 303 g/mol. The van der Waals surface area contributed by atoms with Gasteiger partial charge < -0.3 is 9.30 Å². The van der Waals surface area contributed by atoms with Gasteiger partial charge in [0.2, 0.25) is 5.78 Å². The molecule has 0 N–H and O–H groups in total. The van der Waals surface area contributed by atoms with E-state index in [4.69, 9.17) is 4.74 Å². The molecule has 0 unspecified atom stereocenters. The van der Waals surface area contributed by atoms with E-state index in [-0.39, 0.29) is 12.4 Å². The van der Waals surface area contributed by atoms with Gasteiger partial charge in [-0.25, -0.2) is 4.79 Å². The van der Waals surface area contributed by atoms with Crippen LogP contribution < -0.4 is 0 Å². The first-order chi connectivity index (χ1) is 9.99. The van der Waals surface area contributed by atoms with Gasteiger partial charge in [0.1, 0.15) is 0 Å². The topological polar surface area (TPSA) is 48.3 Å². The van der Waals surface area contributed by atoms with E-state index in [2.05, 4.69) is 0 Å². The lowest BCUT2D eigenvalue weighted by atomic mass is 10.1. The van der Waals surface area contributed by atoms with Crippen molar-refractivity contribution >= 4 is 29.2 Å². The largest absolute Gasteiger partial charge is 0.454 e. The lowest BCUT2D eigenvalue weighted by Crippen LogP contribution is -2.13. The Balaban J connectivity index is 1.92. The Morgan fingerprint density at radius 2 is 2.14 bits per heavy atom. The number of hydrogen-bond donors (Lipinski definition) is 0. The molecule has 4 nitrogen and oxygen atoms in total. The van der Waals surface area contributed by atoms with Crippen molar-refractivity contribution < 1.29 is 14.3 Å². The summed E-state index contributed by atoms with van der Waals surface area (Å²) in [7, 11) is 1.90. The minimum Gasteiger partial charge on any atom is -0.454 e. The summed E-state index contributed by atoms with van der Waals surface area (Å²) in [5, 5.41) is 3.85. The molecule has 0 bridgehead atoms. The van der Waals surface area contributed by atoms with Crippen LogP contribution in [0, 0.1) is 13.8 Å². The second-order valence-corrected chi connectivity index (χ2v) is 5.54. The number of hydrogen-bond acceptors (Lipinski definition) is 4. The van der Waals surface area contributed by atoms with E-state index in [1.807, 2.05) is 48.4 Å². The molecule has 0 saturated carbocycles. The number of ether oxygens (including phenoxy) is 1. The Kier molecular flexibility index (Phi) is 4.75. The van der Waals surface area contributed by atoms with E-state index in [1.165, 1.54) is 6.08 Å². The minimum atomic E-state index is -0.514. The molecule has 0 atom stereocenters. The summed E-state index contributed by atoms with van der Waals surface area (Å²) in [6.07, 6.45) is 3.00. The van der Waals surface area contributed by atoms with E-state index in [0.717, 1.165) is 17.0 Å². The molecule has 0 saturated heterocycles. The lowest BCUT2D eigenvalue weighted by molar-refractivity contribution is -0.136. The number of carbonyl (C=O) groups is 2. The summed E-state index contributed by atoms with van der Waals surface area (Å²) in [6, 6.07) is 3.71. The molecule has 0 spiro atoms. The van der Waals surface area contributed by atoms with E-state index >= 15 is 0 Å². The maximum atomic E-state index is 12.1. The van der Waals surface area contributed by atoms with Crippen molar-refractivity contribution in [3.63, 3.8) is 0 Å². The molecule has 0 radical (unpaired) electrons. The molecule has 0 fully saturated rings. The number of aromatic nitrogens is 1. The summed E-state index contributed by atoms with van der Waals surface area (Å²) in [5.74, 6) is -0.701. The fourth-order valence-corrected chi connectivity index (χ4v) is 2.56. The maximum absolute atomic E-state index is 12.1. The van der Waals surface area contributed by atoms with Crippen molar-refractivity contribution in [2.75, 3.05) is 6.61 Å². The molecule has 0 aromatic carbocycles. The van der Waals surface area contributed by atoms with Crippen LogP contribution in [0.1, 0.15) is 27.3 Å². The summed E-state index contributed by atoms with van der Waals surface area (Å²) in [6.45, 7) is 3.56. The highest BCUT2D eigenvalue weighted by molar-refractivity contribution is 7.08. The van der Waals surface area contributed by atoms with Crippen LogP contribution in [0.25, 0.3) is 6.08 Å². The Morgan fingerprint density at radius 1 is 1.38 bits per heavy atom. The first kappa shape index (κ1) is 15.3. The third kappa shape index (κ3) is 3.70. The number of nitrogens with zero attached hydrogens (tertiary/aromatic N) is 1. The lowest BCUT2D eigenvalue weighted by Gasteiger charge is -2.03. The Hall–Kier alpha value is -2.14. The molecule has 2 heterocycles. The summed E-state index contributed by atoms with van der Waals surface area (Å²) < 4.78 is 6.92. The molecule has 110 valence electrons. The van der Waals surface area contributed by atoms with Crippen molar-refractivity contribution in [3.8, 4) is 0 Å². The second-order valence-electron chi connectivity index (χ2n) is 4.76. The van der Waals surface area contributed by atoms with Crippen LogP contribution in [0.2, 0.25) is 0 Å². The van der Waals surface area contributed by atoms with Crippen LogP contribution in [-0.2, 0) is 16.6 Å². The summed E-state index contributed by atoms with van der Waals surface area (Å²) in [4.78, 5) is 23.6. The second kappa shape index (κ2) is 6.54. The van der Waals surface area contributed by atoms with Crippen LogP contribution in [0.4, 0.5) is 0 Å². The molecule has 21 heavy (non-hydrogen) atoms. The van der Waals surface area contributed by atoms with Gasteiger partial charge in [-0.1, -0.05) is 0 Å². The number of aryl methyl sites for hydroxylation is 1. The zero-order valence-electron chi connectivity index (χ0n) is 12.3. The van der Waals surface area contributed by atoms with Gasteiger partial charge in [-0.3, -0.25) is 4.79 Å². The van der Waals surface area contributed by atoms with Gasteiger partial charge in [-0.2, -0.15) is 11.3 Å². The van der Waals surface area contributed by atoms with Gasteiger partial charge in [0.15, 0.2) is 6.61 Å². The highest BCUT2D eigenvalue weighted by Gasteiger charge is 2.15. The maximum Gasteiger partial charge on any atom is 0.331 e. The van der Waals surface area contributed by atoms with Crippen molar-refractivity contribution in [1.82, 2.24) is 4.57 Å². The van der Waals surface area contributed by atoms with Crippen LogP contribution in [0.15, 0.2) is 29.0 Å². The van der Waals surface area contributed by atoms with Gasteiger partial charge in [-0.15, -0.1) is 0 Å². The van der Waals surface area contributed by atoms with Crippen LogP contribution in [-0.4, -0.2) is 22.9 Å². The average molecular weight is 303 g/mol. The highest BCUT2D eigenvalue weighted by Crippen LogP contribution is 2.14. The zero-order chi connectivity index (χ0) is 15.4. The first-order valence-electron chi connectivity index (χ1n) is 6.52. The third-order valence-electron chi connectivity index (χ3n) is 3.38. The van der Waals surface area contributed by atoms with Crippen LogP contribution in [0.5, 0.6) is 0 Å². The van der Waals surface area contributed by atoms with Crippen molar-refractivity contribution in [3.05, 3.63) is 51.5 Å². The molecule has 0 aliphatic rings. The smallest absolute Gasteiger partial charge is 0.331 e. The average Bonchev–Trinajstić information content (AvgIpc) is 3.07. The highest BCUT2D eigenvalue weighted by atomic mass is 32.1. The van der Waals surface area contributed by atoms with Crippen LogP contribution >= 0.6 is 11.3 Å². The fourth-order valence-electron chi connectivity index (χ4n) is 1.93. The summed E-state index contributed by atoms with van der Waals surface area (Å²) in [5.41, 5.74) is 3.42. The number of ketones is 1. The van der Waals surface area contributed by atoms with Gasteiger partial charge in [-0.05, 0) is 48.4 Å². The number of Topliss-reactive ketones (excluding diaryl/α,β-unsaturated/α-hetero) is 1. The van der Waals surface area contributed by atoms with Crippen molar-refractivity contribution in [2.24, 2.45) is 7.05 Å². The number of esters is 1. The molecule has 2 aromatic rings. The minimum absolute atomic E-state index is 0.187. The first-order valence-corrected chi connectivity index (χ1v) is 7.46. The molecular formula is C16H17NO3S. The third-order valence-corrected chi connectivity index (χ3v) is 4.08. The van der Waals surface area contributed by atoms with Crippen molar-refractivity contribution in [2.45, 2.75) is 13.8 Å². The van der Waals surface area contributed by atoms with E-state index < -0.39 is 5.97 Å². The molecular weight excluding hydrogens is 286 g/mol. The van der Waals surface area contributed by atoms with Crippen LogP contribution in [0.3, 0.4) is 0 Å². The predicted octanol–water partition coefficient (Wildman–Crippen LogP) is 3.14. The Bertz CT molecular complexity index is 681. The molecule has 0 amide bonds. The standard InChI is InChI=1S/C16H17NO3S/c1-11-8-14(12(2)17(11)3)15(18)9-20-16(19)5-4-13-6-7-21-10-13/h4-8,10H,9H2,1-3H3/b5-4+.